The molecule has 2 unspecified atom stereocenters. The molecule has 0 bridgehead atoms. The number of nitrogens with zero attached hydrogens (tertiary/aromatic N) is 1. The fourth-order valence-corrected chi connectivity index (χ4v) is 2.81. The van der Waals surface area contributed by atoms with Gasteiger partial charge in [-0.3, -0.25) is 10.1 Å². The van der Waals surface area contributed by atoms with Crippen LogP contribution < -0.4 is 5.32 Å². The van der Waals surface area contributed by atoms with Crippen LogP contribution in [-0.2, 0) is 9.47 Å². The Bertz CT molecular complexity index is 457. The summed E-state index contributed by atoms with van der Waals surface area (Å²) in [7, 11) is 0. The van der Waals surface area contributed by atoms with Gasteiger partial charge in [-0.25, -0.2) is 0 Å². The second-order valence-electron chi connectivity index (χ2n) is 6.15. The third-order valence-corrected chi connectivity index (χ3v) is 3.96. The van der Waals surface area contributed by atoms with Crippen molar-refractivity contribution in [2.45, 2.75) is 45.1 Å². The maximum absolute atomic E-state index is 10.9. The molecular formula is C15H24N2O5. The summed E-state index contributed by atoms with van der Waals surface area (Å²) in [6.45, 7) is 5.50. The van der Waals surface area contributed by atoms with Crippen LogP contribution in [0.5, 0.6) is 0 Å². The van der Waals surface area contributed by atoms with Gasteiger partial charge in [-0.05, 0) is 18.9 Å². The van der Waals surface area contributed by atoms with Gasteiger partial charge in [-0.15, -0.1) is 0 Å². The van der Waals surface area contributed by atoms with E-state index in [1.807, 2.05) is 13.8 Å². The molecule has 0 radical (unpaired) electrons. The third kappa shape index (κ3) is 4.13. The Morgan fingerprint density at radius 2 is 2.18 bits per heavy atom. The van der Waals surface area contributed by atoms with Crippen molar-refractivity contribution >= 4 is 0 Å². The highest BCUT2D eigenvalue weighted by Crippen LogP contribution is 2.41. The zero-order chi connectivity index (χ0) is 16.2. The highest BCUT2D eigenvalue weighted by Gasteiger charge is 2.43. The van der Waals surface area contributed by atoms with Crippen molar-refractivity contribution in [3.63, 3.8) is 0 Å². The van der Waals surface area contributed by atoms with Gasteiger partial charge in [0, 0.05) is 24.1 Å². The standard InChI is InChI=1S/C15H24N2O5/c1-11(2)16-10-13(18)9-15(14-21-7-8-22-14)5-3-12(4-6-15)17(19)20/h3-5,11,13-14,16,18H,6-10H2,1-2H3. The minimum absolute atomic E-state index is 0.0726. The van der Waals surface area contributed by atoms with E-state index in [1.54, 1.807) is 12.2 Å². The van der Waals surface area contributed by atoms with Crippen LogP contribution in [0.3, 0.4) is 0 Å². The monoisotopic (exact) mass is 312 g/mol. The number of aliphatic hydroxyl groups is 1. The lowest BCUT2D eigenvalue weighted by Crippen LogP contribution is -2.42. The third-order valence-electron chi connectivity index (χ3n) is 3.96. The number of aliphatic hydroxyl groups excluding tert-OH is 1. The molecule has 0 aromatic carbocycles. The zero-order valence-electron chi connectivity index (χ0n) is 13.0. The van der Waals surface area contributed by atoms with Crippen molar-refractivity contribution in [2.75, 3.05) is 19.8 Å². The quantitative estimate of drug-likeness (QED) is 0.542. The normalized spacial score (nSPS) is 27.2. The van der Waals surface area contributed by atoms with Crippen LogP contribution >= 0.6 is 0 Å². The molecule has 124 valence electrons. The number of ether oxygens (including phenoxy) is 2. The first-order valence-electron chi connectivity index (χ1n) is 7.61. The second-order valence-corrected chi connectivity index (χ2v) is 6.15. The molecule has 1 heterocycles. The molecule has 0 saturated carbocycles. The van der Waals surface area contributed by atoms with Crippen LogP contribution in [0, 0.1) is 15.5 Å². The number of allylic oxidation sites excluding steroid dienone is 2. The van der Waals surface area contributed by atoms with Gasteiger partial charge in [0.1, 0.15) is 0 Å². The number of rotatable bonds is 7. The van der Waals surface area contributed by atoms with E-state index < -0.39 is 22.7 Å². The first kappa shape index (κ1) is 17.1. The van der Waals surface area contributed by atoms with Crippen LogP contribution in [0.1, 0.15) is 26.7 Å². The lowest BCUT2D eigenvalue weighted by molar-refractivity contribution is -0.419. The SMILES string of the molecule is CC(C)NCC(O)CC1(C2OCCO2)C=CC([N+](=O)[O-])=CC1. The highest BCUT2D eigenvalue weighted by atomic mass is 16.7. The predicted octanol–water partition coefficient (Wildman–Crippen LogP) is 1.22. The fourth-order valence-electron chi connectivity index (χ4n) is 2.81. The van der Waals surface area contributed by atoms with Crippen molar-refractivity contribution in [1.29, 1.82) is 0 Å². The van der Waals surface area contributed by atoms with Crippen molar-refractivity contribution in [3.05, 3.63) is 34.0 Å². The number of nitro groups is 1. The van der Waals surface area contributed by atoms with Crippen molar-refractivity contribution in [1.82, 2.24) is 5.32 Å². The summed E-state index contributed by atoms with van der Waals surface area (Å²) in [6, 6.07) is 0.285. The largest absolute Gasteiger partial charge is 0.392 e. The smallest absolute Gasteiger partial charge is 0.265 e. The summed E-state index contributed by atoms with van der Waals surface area (Å²) in [5.74, 6) is 0. The van der Waals surface area contributed by atoms with Crippen LogP contribution in [0.15, 0.2) is 23.9 Å². The summed E-state index contributed by atoms with van der Waals surface area (Å²) in [6.07, 6.45) is 4.62. The Kier molecular flexibility index (Phi) is 5.69. The van der Waals surface area contributed by atoms with Crippen LogP contribution in [-0.4, -0.2) is 48.2 Å². The Morgan fingerprint density at radius 3 is 2.68 bits per heavy atom. The number of hydrogen-bond acceptors (Lipinski definition) is 6. The maximum Gasteiger partial charge on any atom is 0.265 e. The maximum atomic E-state index is 10.9. The average molecular weight is 312 g/mol. The summed E-state index contributed by atoms with van der Waals surface area (Å²) in [4.78, 5) is 10.4. The first-order valence-corrected chi connectivity index (χ1v) is 7.61. The molecule has 7 nitrogen and oxygen atoms in total. The summed E-state index contributed by atoms with van der Waals surface area (Å²) in [5, 5.41) is 24.3. The molecule has 0 aromatic heterocycles. The molecule has 7 heteroatoms. The molecule has 2 rings (SSSR count). The van der Waals surface area contributed by atoms with Crippen molar-refractivity contribution in [3.8, 4) is 0 Å². The minimum atomic E-state index is -0.578. The Hall–Kier alpha value is -1.28. The Balaban J connectivity index is 2.07. The van der Waals surface area contributed by atoms with Gasteiger partial charge in [0.05, 0.1) is 24.2 Å². The Morgan fingerprint density at radius 1 is 1.50 bits per heavy atom. The topological polar surface area (TPSA) is 93.9 Å². The predicted molar refractivity (Wildman–Crippen MR) is 80.7 cm³/mol. The van der Waals surface area contributed by atoms with E-state index >= 15 is 0 Å². The fraction of sp³-hybridized carbons (Fsp3) is 0.733. The van der Waals surface area contributed by atoms with E-state index in [2.05, 4.69) is 5.32 Å². The minimum Gasteiger partial charge on any atom is -0.392 e. The van der Waals surface area contributed by atoms with E-state index in [-0.39, 0.29) is 11.7 Å². The van der Waals surface area contributed by atoms with Gasteiger partial charge in [0.15, 0.2) is 6.29 Å². The highest BCUT2D eigenvalue weighted by molar-refractivity contribution is 5.23. The molecule has 0 spiro atoms. The van der Waals surface area contributed by atoms with E-state index in [0.717, 1.165) is 0 Å². The van der Waals surface area contributed by atoms with Crippen LogP contribution in [0.25, 0.3) is 0 Å². The van der Waals surface area contributed by atoms with Crippen LogP contribution in [0.2, 0.25) is 0 Å². The van der Waals surface area contributed by atoms with Gasteiger partial charge in [-0.2, -0.15) is 0 Å². The van der Waals surface area contributed by atoms with Crippen molar-refractivity contribution in [2.24, 2.45) is 5.41 Å². The molecule has 22 heavy (non-hydrogen) atoms. The van der Waals surface area contributed by atoms with Gasteiger partial charge < -0.3 is 19.9 Å². The van der Waals surface area contributed by atoms with Crippen molar-refractivity contribution < 1.29 is 19.5 Å². The molecule has 0 amide bonds. The molecular weight excluding hydrogens is 288 g/mol. The van der Waals surface area contributed by atoms with Gasteiger partial charge in [-0.1, -0.05) is 19.9 Å². The Labute approximate surface area is 130 Å². The van der Waals surface area contributed by atoms with E-state index in [4.69, 9.17) is 9.47 Å². The summed E-state index contributed by atoms with van der Waals surface area (Å²) < 4.78 is 11.2. The lowest BCUT2D eigenvalue weighted by atomic mass is 9.75. The molecule has 1 aliphatic carbocycles. The second kappa shape index (κ2) is 7.32. The van der Waals surface area contributed by atoms with E-state index in [0.29, 0.717) is 32.6 Å². The molecule has 0 aromatic rings. The van der Waals surface area contributed by atoms with Gasteiger partial charge in [0.2, 0.25) is 0 Å². The summed E-state index contributed by atoms with van der Waals surface area (Å²) >= 11 is 0. The molecule has 1 fully saturated rings. The lowest BCUT2D eigenvalue weighted by Gasteiger charge is -2.37. The van der Waals surface area contributed by atoms with E-state index in [1.165, 1.54) is 6.08 Å². The van der Waals surface area contributed by atoms with Gasteiger partial charge >= 0.3 is 0 Å². The summed E-state index contributed by atoms with van der Waals surface area (Å²) in [5.41, 5.74) is -0.489. The molecule has 1 saturated heterocycles. The average Bonchev–Trinajstić information content (AvgIpc) is 3.00. The molecule has 1 aliphatic heterocycles. The molecule has 2 N–H and O–H groups in total. The zero-order valence-corrected chi connectivity index (χ0v) is 13.0. The molecule has 2 aliphatic rings. The van der Waals surface area contributed by atoms with E-state index in [9.17, 15) is 15.2 Å². The first-order chi connectivity index (χ1) is 10.4. The number of hydrogen-bond donors (Lipinski definition) is 2. The number of nitrogens with one attached hydrogen (secondary N) is 1. The van der Waals surface area contributed by atoms with Crippen LogP contribution in [0.4, 0.5) is 0 Å². The molecule has 2 atom stereocenters. The van der Waals surface area contributed by atoms with Gasteiger partial charge in [0.25, 0.3) is 5.70 Å².